The zero-order valence-corrected chi connectivity index (χ0v) is 17.5. The van der Waals surface area contributed by atoms with E-state index in [1.54, 1.807) is 31.4 Å². The molecule has 0 bridgehead atoms. The van der Waals surface area contributed by atoms with Crippen LogP contribution in [0, 0.1) is 0 Å². The number of nitrogens with zero attached hydrogens (tertiary/aromatic N) is 4. The number of hydrogen-bond acceptors (Lipinski definition) is 6. The number of benzene rings is 1. The molecule has 2 aromatic rings. The SMILES string of the molecule is COc1ccc(Cn2nnc(CSC3=NOC(C)(C)C3)c2C(F)(F)Br)cc1. The molecule has 1 aromatic carbocycles. The fraction of sp³-hybridized carbons (Fsp3) is 0.471. The van der Waals surface area contributed by atoms with E-state index < -0.39 is 4.83 Å². The first-order valence-corrected chi connectivity index (χ1v) is 9.96. The van der Waals surface area contributed by atoms with E-state index in [0.717, 1.165) is 10.6 Å². The Morgan fingerprint density at radius 3 is 2.59 bits per heavy atom. The molecule has 6 nitrogen and oxygen atoms in total. The molecule has 0 saturated carbocycles. The fourth-order valence-corrected chi connectivity index (χ4v) is 4.07. The third kappa shape index (κ3) is 4.98. The van der Waals surface area contributed by atoms with Crippen molar-refractivity contribution in [3.8, 4) is 5.75 Å². The van der Waals surface area contributed by atoms with Crippen LogP contribution in [0.1, 0.15) is 37.2 Å². The molecule has 2 heterocycles. The van der Waals surface area contributed by atoms with Crippen LogP contribution >= 0.6 is 27.7 Å². The van der Waals surface area contributed by atoms with Crippen LogP contribution in [0.5, 0.6) is 5.75 Å². The lowest BCUT2D eigenvalue weighted by molar-refractivity contribution is 0.0123. The van der Waals surface area contributed by atoms with Crippen molar-refractivity contribution in [1.82, 2.24) is 15.0 Å². The Hall–Kier alpha value is -1.68. The Morgan fingerprint density at radius 2 is 2.04 bits per heavy atom. The van der Waals surface area contributed by atoms with Gasteiger partial charge in [0.15, 0.2) is 0 Å². The quantitative estimate of drug-likeness (QED) is 0.592. The van der Waals surface area contributed by atoms with Crippen molar-refractivity contribution in [2.75, 3.05) is 7.11 Å². The Kier molecular flexibility index (Phi) is 5.76. The van der Waals surface area contributed by atoms with Gasteiger partial charge in [0.2, 0.25) is 0 Å². The number of thioether (sulfide) groups is 1. The predicted molar refractivity (Wildman–Crippen MR) is 103 cm³/mol. The maximum Gasteiger partial charge on any atom is 0.344 e. The van der Waals surface area contributed by atoms with E-state index in [9.17, 15) is 8.78 Å². The molecule has 0 unspecified atom stereocenters. The van der Waals surface area contributed by atoms with Gasteiger partial charge in [0.05, 0.1) is 13.7 Å². The summed E-state index contributed by atoms with van der Waals surface area (Å²) < 4.78 is 34.7. The van der Waals surface area contributed by atoms with Crippen LogP contribution in [-0.4, -0.2) is 32.7 Å². The molecular formula is C17H19BrF2N4O2S. The maximum absolute atomic E-state index is 14.2. The molecule has 0 aliphatic carbocycles. The number of aromatic nitrogens is 3. The van der Waals surface area contributed by atoms with E-state index in [0.29, 0.717) is 12.2 Å². The first-order valence-electron chi connectivity index (χ1n) is 8.18. The van der Waals surface area contributed by atoms with Crippen molar-refractivity contribution < 1.29 is 18.4 Å². The number of hydrogen-bond donors (Lipinski definition) is 0. The van der Waals surface area contributed by atoms with E-state index in [4.69, 9.17) is 9.57 Å². The van der Waals surface area contributed by atoms with Crippen molar-refractivity contribution in [2.45, 2.75) is 43.0 Å². The van der Waals surface area contributed by atoms with E-state index in [2.05, 4.69) is 31.4 Å². The van der Waals surface area contributed by atoms with Gasteiger partial charge in [0, 0.05) is 12.2 Å². The number of halogens is 3. The average Bonchev–Trinajstić information content (AvgIpc) is 3.16. The third-order valence-corrected chi connectivity index (χ3v) is 5.26. The molecule has 1 aliphatic heterocycles. The summed E-state index contributed by atoms with van der Waals surface area (Å²) >= 11 is 3.79. The fourth-order valence-electron chi connectivity index (χ4n) is 2.60. The van der Waals surface area contributed by atoms with Gasteiger partial charge >= 0.3 is 4.83 Å². The van der Waals surface area contributed by atoms with Gasteiger partial charge in [-0.05, 0) is 47.5 Å². The molecule has 1 aromatic heterocycles. The molecule has 0 atom stereocenters. The minimum absolute atomic E-state index is 0.176. The molecule has 0 spiro atoms. The van der Waals surface area contributed by atoms with Crippen molar-refractivity contribution in [3.05, 3.63) is 41.2 Å². The second-order valence-corrected chi connectivity index (χ2v) is 8.73. The molecule has 27 heavy (non-hydrogen) atoms. The number of oxime groups is 1. The second kappa shape index (κ2) is 7.75. The lowest BCUT2D eigenvalue weighted by Crippen LogP contribution is -2.18. The zero-order chi connectivity index (χ0) is 19.7. The largest absolute Gasteiger partial charge is 0.497 e. The summed E-state index contributed by atoms with van der Waals surface area (Å²) in [5, 5.41) is 12.7. The van der Waals surface area contributed by atoms with Gasteiger partial charge in [0.25, 0.3) is 0 Å². The molecule has 0 fully saturated rings. The van der Waals surface area contributed by atoms with Crippen LogP contribution in [0.2, 0.25) is 0 Å². The number of ether oxygens (including phenoxy) is 1. The summed E-state index contributed by atoms with van der Waals surface area (Å²) in [4.78, 5) is 2.06. The Labute approximate surface area is 168 Å². The highest BCUT2D eigenvalue weighted by atomic mass is 79.9. The third-order valence-electron chi connectivity index (χ3n) is 3.91. The Morgan fingerprint density at radius 1 is 1.33 bits per heavy atom. The monoisotopic (exact) mass is 460 g/mol. The highest BCUT2D eigenvalue weighted by Gasteiger charge is 2.37. The molecule has 146 valence electrons. The molecule has 3 rings (SSSR count). The summed E-state index contributed by atoms with van der Waals surface area (Å²) in [7, 11) is 1.57. The van der Waals surface area contributed by atoms with E-state index in [1.807, 2.05) is 13.8 Å². The molecule has 0 radical (unpaired) electrons. The van der Waals surface area contributed by atoms with Gasteiger partial charge in [0.1, 0.15) is 27.8 Å². The van der Waals surface area contributed by atoms with Gasteiger partial charge < -0.3 is 9.57 Å². The normalized spacial score (nSPS) is 16.1. The highest BCUT2D eigenvalue weighted by Crippen LogP contribution is 2.38. The topological polar surface area (TPSA) is 61.5 Å². The summed E-state index contributed by atoms with van der Waals surface area (Å²) in [5.41, 5.74) is 0.400. The van der Waals surface area contributed by atoms with Crippen molar-refractivity contribution in [2.24, 2.45) is 5.16 Å². The van der Waals surface area contributed by atoms with Gasteiger partial charge in [-0.1, -0.05) is 22.5 Å². The summed E-state index contributed by atoms with van der Waals surface area (Å²) in [6.07, 6.45) is 0.637. The standard InChI is InChI=1S/C17H19BrF2N4O2S/c1-16(2)8-14(22-26-16)27-10-13-15(17(18,19)20)24(23-21-13)9-11-4-6-12(25-3)7-5-11/h4-7H,8-10H2,1-3H3. The van der Waals surface area contributed by atoms with E-state index in [1.165, 1.54) is 16.4 Å². The predicted octanol–water partition coefficient (Wildman–Crippen LogP) is 4.52. The van der Waals surface area contributed by atoms with Gasteiger partial charge in [-0.2, -0.15) is 8.78 Å². The van der Waals surface area contributed by atoms with E-state index >= 15 is 0 Å². The molecule has 0 saturated heterocycles. The summed E-state index contributed by atoms with van der Waals surface area (Å²) in [6.45, 7) is 4.02. The smallest absolute Gasteiger partial charge is 0.344 e. The highest BCUT2D eigenvalue weighted by molar-refractivity contribution is 9.09. The molecule has 10 heteroatoms. The zero-order valence-electron chi connectivity index (χ0n) is 15.1. The Bertz CT molecular complexity index is 834. The molecular weight excluding hydrogens is 442 g/mol. The van der Waals surface area contributed by atoms with Crippen LogP contribution in [0.25, 0.3) is 0 Å². The summed E-state index contributed by atoms with van der Waals surface area (Å²) in [6, 6.07) is 7.15. The first kappa shape index (κ1) is 20.1. The number of rotatable bonds is 6. The van der Waals surface area contributed by atoms with Crippen molar-refractivity contribution in [3.63, 3.8) is 0 Å². The minimum Gasteiger partial charge on any atom is -0.497 e. The number of methoxy groups -OCH3 is 1. The molecule has 0 amide bonds. The van der Waals surface area contributed by atoms with E-state index in [-0.39, 0.29) is 29.3 Å². The lowest BCUT2D eigenvalue weighted by atomic mass is 10.1. The van der Waals surface area contributed by atoms with Crippen LogP contribution < -0.4 is 4.74 Å². The first-order chi connectivity index (χ1) is 12.7. The summed E-state index contributed by atoms with van der Waals surface area (Å²) in [5.74, 6) is 0.931. The minimum atomic E-state index is -3.24. The van der Waals surface area contributed by atoms with Crippen LogP contribution in [0.4, 0.5) is 8.78 Å². The lowest BCUT2D eigenvalue weighted by Gasteiger charge is -2.14. The van der Waals surface area contributed by atoms with Crippen molar-refractivity contribution in [1.29, 1.82) is 0 Å². The molecule has 1 aliphatic rings. The van der Waals surface area contributed by atoms with Crippen LogP contribution in [-0.2, 0) is 22.0 Å². The maximum atomic E-state index is 14.2. The van der Waals surface area contributed by atoms with Gasteiger partial charge in [-0.3, -0.25) is 0 Å². The van der Waals surface area contributed by atoms with Gasteiger partial charge in [-0.25, -0.2) is 4.68 Å². The average molecular weight is 461 g/mol. The second-order valence-electron chi connectivity index (χ2n) is 6.69. The van der Waals surface area contributed by atoms with Crippen LogP contribution in [0.15, 0.2) is 29.4 Å². The van der Waals surface area contributed by atoms with Crippen LogP contribution in [0.3, 0.4) is 0 Å². The number of alkyl halides is 3. The Balaban J connectivity index is 1.77. The van der Waals surface area contributed by atoms with Gasteiger partial charge in [-0.15, -0.1) is 16.9 Å². The molecule has 0 N–H and O–H groups in total. The van der Waals surface area contributed by atoms with Crippen molar-refractivity contribution >= 4 is 32.7 Å².